The van der Waals surface area contributed by atoms with E-state index in [4.69, 9.17) is 9.47 Å². The summed E-state index contributed by atoms with van der Waals surface area (Å²) in [7, 11) is 0. The molecule has 1 fully saturated rings. The van der Waals surface area contributed by atoms with Crippen LogP contribution in [0.2, 0.25) is 0 Å². The summed E-state index contributed by atoms with van der Waals surface area (Å²) in [6, 6.07) is 45.7. The first kappa shape index (κ1) is 35.1. The third-order valence-electron chi connectivity index (χ3n) is 9.29. The van der Waals surface area contributed by atoms with Gasteiger partial charge in [-0.25, -0.2) is 4.79 Å². The predicted molar refractivity (Wildman–Crippen MR) is 198 cm³/mol. The molecule has 4 unspecified atom stereocenters. The van der Waals surface area contributed by atoms with Crippen LogP contribution >= 0.6 is 0 Å². The number of nitrogens with zero attached hydrogens (tertiary/aromatic N) is 1. The molecule has 4 atom stereocenters. The van der Waals surface area contributed by atoms with Gasteiger partial charge in [0.15, 0.2) is 6.29 Å². The third kappa shape index (κ3) is 9.25. The number of hydrogen-bond donors (Lipinski definition) is 3. The van der Waals surface area contributed by atoms with E-state index in [2.05, 4.69) is 132 Å². The van der Waals surface area contributed by atoms with Gasteiger partial charge in [-0.2, -0.15) is 0 Å². The Kier molecular flexibility index (Phi) is 12.1. The first-order valence-electron chi connectivity index (χ1n) is 17.5. The first-order chi connectivity index (χ1) is 24.5. The predicted octanol–water partition coefficient (Wildman–Crippen LogP) is 8.16. The molecule has 0 spiro atoms. The van der Waals surface area contributed by atoms with Crippen LogP contribution < -0.4 is 10.6 Å². The van der Waals surface area contributed by atoms with Gasteiger partial charge in [-0.3, -0.25) is 4.90 Å². The SMILES string of the molecule is CCNC(=O)NCc1cccc(-c2ccc(C3OC(CN(Cc4ccccc4)Cc4ccccc4)C(C)C(c4ccc(CO)cc4)O3)cc2)c1. The van der Waals surface area contributed by atoms with Crippen LogP contribution in [0.15, 0.2) is 133 Å². The highest BCUT2D eigenvalue weighted by atomic mass is 16.7. The van der Waals surface area contributed by atoms with Crippen molar-refractivity contribution in [2.45, 2.75) is 58.6 Å². The Morgan fingerprint density at radius 3 is 1.92 bits per heavy atom. The van der Waals surface area contributed by atoms with E-state index >= 15 is 0 Å². The first-order valence-corrected chi connectivity index (χ1v) is 17.5. The number of carbonyl (C=O) groups excluding carboxylic acids is 1. The normalized spacial score (nSPS) is 18.9. The standard InChI is InChI=1S/C43H47N3O4/c1-3-44-43(48)45-26-35-15-10-16-39(25-35)36-21-23-38(24-22-36)42-49-40(31(2)41(50-42)37-19-17-34(30-47)18-20-37)29-46(27-32-11-6-4-7-12-32)28-33-13-8-5-9-14-33/h4-25,31,40-42,47H,3,26-30H2,1-2H3,(H2,44,45,48). The molecule has 1 heterocycles. The van der Waals surface area contributed by atoms with E-state index in [0.717, 1.165) is 53.0 Å². The summed E-state index contributed by atoms with van der Waals surface area (Å²) in [5, 5.41) is 15.3. The highest BCUT2D eigenvalue weighted by Crippen LogP contribution is 2.42. The summed E-state index contributed by atoms with van der Waals surface area (Å²) in [6.45, 7) is 7.49. The number of amides is 2. The van der Waals surface area contributed by atoms with Gasteiger partial charge >= 0.3 is 6.03 Å². The second-order valence-corrected chi connectivity index (χ2v) is 13.0. The molecule has 7 heteroatoms. The largest absolute Gasteiger partial charge is 0.392 e. The molecular formula is C43H47N3O4. The number of urea groups is 1. The van der Waals surface area contributed by atoms with Crippen LogP contribution in [0.25, 0.3) is 11.1 Å². The molecule has 3 N–H and O–H groups in total. The smallest absolute Gasteiger partial charge is 0.315 e. The Morgan fingerprint density at radius 2 is 1.30 bits per heavy atom. The third-order valence-corrected chi connectivity index (χ3v) is 9.29. The fourth-order valence-corrected chi connectivity index (χ4v) is 6.55. The van der Waals surface area contributed by atoms with Gasteiger partial charge in [-0.1, -0.05) is 134 Å². The fraction of sp³-hybridized carbons (Fsp3) is 0.279. The second kappa shape index (κ2) is 17.2. The summed E-state index contributed by atoms with van der Waals surface area (Å²) in [5.74, 6) is 0.0651. The Bertz CT molecular complexity index is 1740. The average molecular weight is 670 g/mol. The van der Waals surface area contributed by atoms with Crippen molar-refractivity contribution < 1.29 is 19.4 Å². The molecule has 0 aromatic heterocycles. The van der Waals surface area contributed by atoms with Crippen molar-refractivity contribution in [3.63, 3.8) is 0 Å². The molecule has 5 aromatic carbocycles. The van der Waals surface area contributed by atoms with Crippen molar-refractivity contribution >= 4 is 6.03 Å². The van der Waals surface area contributed by atoms with Gasteiger partial charge in [0.25, 0.3) is 0 Å². The van der Waals surface area contributed by atoms with Crippen molar-refractivity contribution in [1.82, 2.24) is 15.5 Å². The molecule has 2 amide bonds. The number of aliphatic hydroxyl groups is 1. The van der Waals surface area contributed by atoms with Crippen LogP contribution in [0.4, 0.5) is 4.79 Å². The molecule has 258 valence electrons. The number of nitrogens with one attached hydrogen (secondary N) is 2. The monoisotopic (exact) mass is 669 g/mol. The maximum Gasteiger partial charge on any atom is 0.315 e. The van der Waals surface area contributed by atoms with Crippen molar-refractivity contribution in [3.05, 3.63) is 167 Å². The lowest BCUT2D eigenvalue weighted by Gasteiger charge is -2.43. The van der Waals surface area contributed by atoms with Gasteiger partial charge in [0.05, 0.1) is 18.8 Å². The molecule has 0 saturated carbocycles. The molecule has 1 saturated heterocycles. The summed E-state index contributed by atoms with van der Waals surface area (Å²) in [5.41, 5.74) is 8.59. The molecular weight excluding hydrogens is 622 g/mol. The van der Waals surface area contributed by atoms with E-state index < -0.39 is 6.29 Å². The fourth-order valence-electron chi connectivity index (χ4n) is 6.55. The molecule has 7 nitrogen and oxygen atoms in total. The van der Waals surface area contributed by atoms with E-state index in [1.54, 1.807) is 0 Å². The van der Waals surface area contributed by atoms with Crippen LogP contribution in [0.3, 0.4) is 0 Å². The molecule has 0 aliphatic carbocycles. The lowest BCUT2D eigenvalue weighted by atomic mass is 9.89. The van der Waals surface area contributed by atoms with Crippen molar-refractivity contribution in [3.8, 4) is 11.1 Å². The van der Waals surface area contributed by atoms with E-state index in [9.17, 15) is 9.90 Å². The van der Waals surface area contributed by atoms with E-state index in [-0.39, 0.29) is 30.8 Å². The quantitative estimate of drug-likeness (QED) is 0.118. The highest BCUT2D eigenvalue weighted by molar-refractivity contribution is 5.74. The van der Waals surface area contributed by atoms with Gasteiger partial charge in [-0.05, 0) is 51.9 Å². The van der Waals surface area contributed by atoms with Gasteiger partial charge in [0, 0.05) is 44.2 Å². The molecule has 5 aromatic rings. The highest BCUT2D eigenvalue weighted by Gasteiger charge is 2.39. The van der Waals surface area contributed by atoms with Gasteiger partial charge in [-0.15, -0.1) is 0 Å². The molecule has 1 aliphatic rings. The molecule has 50 heavy (non-hydrogen) atoms. The second-order valence-electron chi connectivity index (χ2n) is 13.0. The molecule has 6 rings (SSSR count). The Morgan fingerprint density at radius 1 is 0.680 bits per heavy atom. The summed E-state index contributed by atoms with van der Waals surface area (Å²) in [4.78, 5) is 14.4. The van der Waals surface area contributed by atoms with Crippen LogP contribution in [0, 0.1) is 5.92 Å². The van der Waals surface area contributed by atoms with Gasteiger partial charge in [0.2, 0.25) is 0 Å². The Hall–Kier alpha value is -4.79. The molecule has 0 bridgehead atoms. The Balaban J connectivity index is 1.25. The van der Waals surface area contributed by atoms with Crippen molar-refractivity contribution in [2.75, 3.05) is 13.1 Å². The minimum atomic E-state index is -0.560. The Labute approximate surface area is 295 Å². The topological polar surface area (TPSA) is 83.1 Å². The number of aliphatic hydroxyl groups excluding tert-OH is 1. The molecule has 0 radical (unpaired) electrons. The summed E-state index contributed by atoms with van der Waals surface area (Å²) < 4.78 is 13.7. The maximum absolute atomic E-state index is 11.9. The number of carbonyl (C=O) groups is 1. The van der Waals surface area contributed by atoms with Crippen molar-refractivity contribution in [1.29, 1.82) is 0 Å². The molecule has 1 aliphatic heterocycles. The average Bonchev–Trinajstić information content (AvgIpc) is 3.16. The maximum atomic E-state index is 11.9. The van der Waals surface area contributed by atoms with Gasteiger partial charge in [0.1, 0.15) is 0 Å². The summed E-state index contributed by atoms with van der Waals surface area (Å²) >= 11 is 0. The van der Waals surface area contributed by atoms with Crippen LogP contribution in [0.5, 0.6) is 0 Å². The minimum absolute atomic E-state index is 0.00358. The van der Waals surface area contributed by atoms with Crippen LogP contribution in [-0.2, 0) is 35.7 Å². The van der Waals surface area contributed by atoms with E-state index in [1.165, 1.54) is 11.1 Å². The summed E-state index contributed by atoms with van der Waals surface area (Å²) in [6.07, 6.45) is -0.872. The number of hydrogen-bond acceptors (Lipinski definition) is 5. The number of ether oxygens (including phenoxy) is 2. The zero-order chi connectivity index (χ0) is 34.7. The van der Waals surface area contributed by atoms with Crippen LogP contribution in [-0.4, -0.2) is 35.2 Å². The minimum Gasteiger partial charge on any atom is -0.392 e. The van der Waals surface area contributed by atoms with Gasteiger partial charge < -0.3 is 25.2 Å². The zero-order valence-electron chi connectivity index (χ0n) is 28.9. The number of rotatable bonds is 13. The van der Waals surface area contributed by atoms with E-state index in [1.807, 2.05) is 31.2 Å². The van der Waals surface area contributed by atoms with Crippen LogP contribution in [0.1, 0.15) is 59.6 Å². The van der Waals surface area contributed by atoms with E-state index in [0.29, 0.717) is 13.1 Å². The number of benzene rings is 5. The lowest BCUT2D eigenvalue weighted by molar-refractivity contribution is -0.276. The lowest BCUT2D eigenvalue weighted by Crippen LogP contribution is -2.44. The van der Waals surface area contributed by atoms with Crippen molar-refractivity contribution in [2.24, 2.45) is 5.92 Å². The zero-order valence-corrected chi connectivity index (χ0v) is 28.9.